The van der Waals surface area contributed by atoms with Crippen molar-refractivity contribution >= 4 is 17.3 Å². The highest BCUT2D eigenvalue weighted by molar-refractivity contribution is 7.13. The van der Waals surface area contributed by atoms with E-state index in [4.69, 9.17) is 9.15 Å². The van der Waals surface area contributed by atoms with Gasteiger partial charge in [-0.15, -0.1) is 11.3 Å². The number of rotatable bonds is 5. The third-order valence-electron chi connectivity index (χ3n) is 4.29. The van der Waals surface area contributed by atoms with E-state index in [0.29, 0.717) is 18.3 Å². The highest BCUT2D eigenvalue weighted by atomic mass is 32.1. The largest absolute Gasteiger partial charge is 0.472 e. The molecule has 8 heteroatoms. The van der Waals surface area contributed by atoms with Gasteiger partial charge < -0.3 is 19.4 Å². The molecule has 27 heavy (non-hydrogen) atoms. The van der Waals surface area contributed by atoms with Crippen LogP contribution in [-0.2, 0) is 6.54 Å². The van der Waals surface area contributed by atoms with E-state index in [1.54, 1.807) is 30.8 Å². The Kier molecular flexibility index (Phi) is 5.34. The van der Waals surface area contributed by atoms with Gasteiger partial charge in [0.2, 0.25) is 11.8 Å². The third-order valence-corrected chi connectivity index (χ3v) is 5.15. The fraction of sp³-hybridized carbons (Fsp3) is 0.316. The second-order valence-electron chi connectivity index (χ2n) is 6.16. The van der Waals surface area contributed by atoms with E-state index in [0.717, 1.165) is 36.0 Å². The molecule has 7 nitrogen and oxygen atoms in total. The van der Waals surface area contributed by atoms with Crippen molar-refractivity contribution in [2.45, 2.75) is 19.1 Å². The Morgan fingerprint density at radius 3 is 3.15 bits per heavy atom. The van der Waals surface area contributed by atoms with Gasteiger partial charge in [-0.05, 0) is 17.5 Å². The van der Waals surface area contributed by atoms with Crippen LogP contribution in [0.3, 0.4) is 0 Å². The standard InChI is InChI=1S/C19H21N5O2S/c1-20-19(22-11-14-13-25-18(23-14)16-5-4-10-27-16)24-9-7-15(12-24)26-17-6-2-3-8-21-17/h2-6,8,10,13,15H,7,9,11-12H2,1H3,(H,20,22). The van der Waals surface area contributed by atoms with Gasteiger partial charge in [-0.1, -0.05) is 12.1 Å². The lowest BCUT2D eigenvalue weighted by atomic mass is 10.3. The number of likely N-dealkylation sites (tertiary alicyclic amines) is 1. The van der Waals surface area contributed by atoms with Crippen LogP contribution >= 0.6 is 11.3 Å². The molecular formula is C19H21N5O2S. The van der Waals surface area contributed by atoms with Gasteiger partial charge in [-0.25, -0.2) is 9.97 Å². The normalized spacial score (nSPS) is 17.3. The number of guanidine groups is 1. The lowest BCUT2D eigenvalue weighted by Gasteiger charge is -2.21. The third kappa shape index (κ3) is 4.28. The topological polar surface area (TPSA) is 75.8 Å². The zero-order valence-corrected chi connectivity index (χ0v) is 15.9. The number of ether oxygens (including phenoxy) is 1. The van der Waals surface area contributed by atoms with Crippen molar-refractivity contribution in [1.29, 1.82) is 0 Å². The molecule has 1 aliphatic rings. The second kappa shape index (κ2) is 8.22. The summed E-state index contributed by atoms with van der Waals surface area (Å²) in [7, 11) is 1.79. The highest BCUT2D eigenvalue weighted by Gasteiger charge is 2.26. The molecule has 0 aromatic carbocycles. The molecule has 140 valence electrons. The number of pyridine rings is 1. The number of hydrogen-bond donors (Lipinski definition) is 1. The molecule has 0 spiro atoms. The molecule has 1 unspecified atom stereocenters. The molecule has 3 aromatic heterocycles. The predicted octanol–water partition coefficient (Wildman–Crippen LogP) is 3.03. The molecule has 0 amide bonds. The average Bonchev–Trinajstić information content (AvgIpc) is 3.45. The van der Waals surface area contributed by atoms with E-state index < -0.39 is 0 Å². The zero-order chi connectivity index (χ0) is 18.5. The molecule has 1 saturated heterocycles. The van der Waals surface area contributed by atoms with E-state index in [1.165, 1.54) is 0 Å². The number of aromatic nitrogens is 2. The average molecular weight is 383 g/mol. The van der Waals surface area contributed by atoms with Crippen LogP contribution in [0.5, 0.6) is 5.88 Å². The van der Waals surface area contributed by atoms with Crippen LogP contribution in [0, 0.1) is 0 Å². The molecule has 0 bridgehead atoms. The first-order valence-electron chi connectivity index (χ1n) is 8.83. The Morgan fingerprint density at radius 2 is 2.37 bits per heavy atom. The maximum absolute atomic E-state index is 5.95. The molecular weight excluding hydrogens is 362 g/mol. The van der Waals surface area contributed by atoms with Crippen LogP contribution in [0.4, 0.5) is 0 Å². The van der Waals surface area contributed by atoms with E-state index in [-0.39, 0.29) is 6.10 Å². The summed E-state index contributed by atoms with van der Waals surface area (Å²) in [4.78, 5) is 16.4. The van der Waals surface area contributed by atoms with Crippen LogP contribution in [0.25, 0.3) is 10.8 Å². The summed E-state index contributed by atoms with van der Waals surface area (Å²) in [5, 5.41) is 5.37. The summed E-state index contributed by atoms with van der Waals surface area (Å²) >= 11 is 1.61. The Hall–Kier alpha value is -2.87. The van der Waals surface area contributed by atoms with Crippen molar-refractivity contribution in [3.05, 3.63) is 53.9 Å². The predicted molar refractivity (Wildman–Crippen MR) is 105 cm³/mol. The van der Waals surface area contributed by atoms with Gasteiger partial charge in [0.25, 0.3) is 0 Å². The van der Waals surface area contributed by atoms with Gasteiger partial charge in [0, 0.05) is 32.3 Å². The molecule has 1 N–H and O–H groups in total. The van der Waals surface area contributed by atoms with Gasteiger partial charge in [-0.3, -0.25) is 4.99 Å². The smallest absolute Gasteiger partial charge is 0.236 e. The summed E-state index contributed by atoms with van der Waals surface area (Å²) < 4.78 is 11.5. The summed E-state index contributed by atoms with van der Waals surface area (Å²) in [6.45, 7) is 2.22. The van der Waals surface area contributed by atoms with E-state index >= 15 is 0 Å². The van der Waals surface area contributed by atoms with Crippen LogP contribution in [-0.4, -0.2) is 47.1 Å². The molecule has 0 saturated carbocycles. The van der Waals surface area contributed by atoms with Gasteiger partial charge in [0.15, 0.2) is 5.96 Å². The van der Waals surface area contributed by atoms with E-state index in [9.17, 15) is 0 Å². The Balaban J connectivity index is 1.31. The summed E-state index contributed by atoms with van der Waals surface area (Å²) in [6, 6.07) is 9.68. The minimum absolute atomic E-state index is 0.107. The van der Waals surface area contributed by atoms with Crippen molar-refractivity contribution in [3.63, 3.8) is 0 Å². The second-order valence-corrected chi connectivity index (χ2v) is 7.11. The van der Waals surface area contributed by atoms with Crippen LogP contribution in [0.2, 0.25) is 0 Å². The highest BCUT2D eigenvalue weighted by Crippen LogP contribution is 2.23. The fourth-order valence-corrected chi connectivity index (χ4v) is 3.66. The van der Waals surface area contributed by atoms with Crippen molar-refractivity contribution in [2.24, 2.45) is 4.99 Å². The van der Waals surface area contributed by atoms with Crippen LogP contribution in [0.15, 0.2) is 57.6 Å². The van der Waals surface area contributed by atoms with E-state index in [1.807, 2.05) is 35.7 Å². The Labute approximate surface area is 161 Å². The van der Waals surface area contributed by atoms with Gasteiger partial charge >= 0.3 is 0 Å². The molecule has 4 rings (SSSR count). The molecule has 3 aromatic rings. The summed E-state index contributed by atoms with van der Waals surface area (Å²) in [6.07, 6.45) is 4.47. The first kappa shape index (κ1) is 17.5. The van der Waals surface area contributed by atoms with Crippen molar-refractivity contribution < 1.29 is 9.15 Å². The number of oxazole rings is 1. The van der Waals surface area contributed by atoms with Crippen molar-refractivity contribution in [1.82, 2.24) is 20.2 Å². The number of nitrogens with zero attached hydrogens (tertiary/aromatic N) is 4. The minimum Gasteiger partial charge on any atom is -0.472 e. The first-order chi connectivity index (χ1) is 13.3. The summed E-state index contributed by atoms with van der Waals surface area (Å²) in [5.41, 5.74) is 0.847. The molecule has 0 aliphatic carbocycles. The maximum atomic E-state index is 5.95. The lowest BCUT2D eigenvalue weighted by Crippen LogP contribution is -2.40. The Morgan fingerprint density at radius 1 is 1.41 bits per heavy atom. The SMILES string of the molecule is CN=C(NCc1coc(-c2cccs2)n1)N1CCC(Oc2ccccn2)C1. The van der Waals surface area contributed by atoms with Gasteiger partial charge in [0.05, 0.1) is 23.7 Å². The summed E-state index contributed by atoms with van der Waals surface area (Å²) in [5.74, 6) is 2.15. The van der Waals surface area contributed by atoms with Crippen molar-refractivity contribution in [2.75, 3.05) is 20.1 Å². The molecule has 1 aliphatic heterocycles. The first-order valence-corrected chi connectivity index (χ1v) is 9.71. The van der Waals surface area contributed by atoms with E-state index in [2.05, 4.69) is 25.2 Å². The molecule has 0 radical (unpaired) electrons. The molecule has 4 heterocycles. The molecule has 1 atom stereocenters. The zero-order valence-electron chi connectivity index (χ0n) is 15.0. The quantitative estimate of drug-likeness (QED) is 0.539. The monoisotopic (exact) mass is 383 g/mol. The lowest BCUT2D eigenvalue weighted by molar-refractivity contribution is 0.205. The maximum Gasteiger partial charge on any atom is 0.236 e. The minimum atomic E-state index is 0.107. The number of thiophene rings is 1. The number of hydrogen-bond acceptors (Lipinski definition) is 6. The van der Waals surface area contributed by atoms with Gasteiger partial charge in [0.1, 0.15) is 12.4 Å². The van der Waals surface area contributed by atoms with Crippen molar-refractivity contribution in [3.8, 4) is 16.6 Å². The fourth-order valence-electron chi connectivity index (χ4n) is 3.01. The van der Waals surface area contributed by atoms with Crippen LogP contribution < -0.4 is 10.1 Å². The van der Waals surface area contributed by atoms with Crippen LogP contribution in [0.1, 0.15) is 12.1 Å². The molecule has 1 fully saturated rings. The number of nitrogens with one attached hydrogen (secondary N) is 1. The Bertz CT molecular complexity index is 879. The number of aliphatic imine (C=N–C) groups is 1. The van der Waals surface area contributed by atoms with Gasteiger partial charge in [-0.2, -0.15) is 0 Å².